The molecule has 0 unspecified atom stereocenters. The number of hydrogen-bond acceptors (Lipinski definition) is 5. The molecule has 0 aliphatic carbocycles. The highest BCUT2D eigenvalue weighted by Gasteiger charge is 2.42. The molecule has 0 amide bonds. The molecule has 170 valence electrons. The van der Waals surface area contributed by atoms with Gasteiger partial charge in [0.1, 0.15) is 17.6 Å². The molecule has 4 aromatic rings. The number of nitrogens with one attached hydrogen (secondary N) is 1. The normalized spacial score (nSPS) is 18.5. The Kier molecular flexibility index (Phi) is 5.28. The second kappa shape index (κ2) is 8.34. The summed E-state index contributed by atoms with van der Waals surface area (Å²) in [5.74, 6) is 0.816. The van der Waals surface area contributed by atoms with Crippen molar-refractivity contribution in [1.82, 2.24) is 14.8 Å². The van der Waals surface area contributed by atoms with Crippen LogP contribution in [0, 0.1) is 5.82 Å². The van der Waals surface area contributed by atoms with Crippen LogP contribution in [0.4, 0.5) is 10.3 Å². The Bertz CT molecular complexity index is 1470. The molecule has 1 aromatic heterocycles. The second-order valence-electron chi connectivity index (χ2n) is 7.91. The number of rotatable bonds is 3. The molecule has 0 saturated heterocycles. The van der Waals surface area contributed by atoms with Gasteiger partial charge in [-0.1, -0.05) is 71.4 Å². The van der Waals surface area contributed by atoms with Crippen molar-refractivity contribution in [2.75, 3.05) is 11.6 Å². The van der Waals surface area contributed by atoms with Gasteiger partial charge in [-0.3, -0.25) is 0 Å². The van der Waals surface area contributed by atoms with E-state index in [1.807, 2.05) is 48.7 Å². The molecule has 6 rings (SSSR count). The highest BCUT2D eigenvalue weighted by atomic mass is 35.5. The number of fused-ring (bicyclic) bond motifs is 3. The quantitative estimate of drug-likeness (QED) is 0.300. The van der Waals surface area contributed by atoms with Gasteiger partial charge in [0.25, 0.3) is 0 Å². The Balaban J connectivity index is 1.68. The van der Waals surface area contributed by atoms with E-state index in [4.69, 9.17) is 27.9 Å². The van der Waals surface area contributed by atoms with Crippen LogP contribution in [0.2, 0.25) is 10.0 Å². The minimum atomic E-state index is -0.616. The molecule has 9 heteroatoms. The fourth-order valence-corrected chi connectivity index (χ4v) is 5.27. The van der Waals surface area contributed by atoms with Crippen molar-refractivity contribution < 1.29 is 9.13 Å². The van der Waals surface area contributed by atoms with Crippen LogP contribution < -0.4 is 10.1 Å². The van der Waals surface area contributed by atoms with E-state index in [-0.39, 0.29) is 5.82 Å². The summed E-state index contributed by atoms with van der Waals surface area (Å²) in [4.78, 5) is 4.62. The van der Waals surface area contributed by atoms with Crippen molar-refractivity contribution in [2.45, 2.75) is 17.3 Å². The number of ether oxygens (including phenoxy) is 1. The van der Waals surface area contributed by atoms with Crippen LogP contribution in [0.15, 0.2) is 77.5 Å². The maximum atomic E-state index is 15.3. The smallest absolute Gasteiger partial charge is 0.227 e. The maximum Gasteiger partial charge on any atom is 0.227 e. The van der Waals surface area contributed by atoms with Crippen molar-refractivity contribution in [3.63, 3.8) is 0 Å². The first-order valence-corrected chi connectivity index (χ1v) is 12.5. The Labute approximate surface area is 209 Å². The molecule has 3 aromatic carbocycles. The molecule has 2 aliphatic rings. The van der Waals surface area contributed by atoms with Crippen LogP contribution >= 0.6 is 35.0 Å². The van der Waals surface area contributed by atoms with Gasteiger partial charge >= 0.3 is 0 Å². The van der Waals surface area contributed by atoms with Crippen LogP contribution in [0.5, 0.6) is 5.75 Å². The van der Waals surface area contributed by atoms with Crippen molar-refractivity contribution in [3.05, 3.63) is 105 Å². The molecule has 2 atom stereocenters. The summed E-state index contributed by atoms with van der Waals surface area (Å²) in [5.41, 5.74) is 3.54. The van der Waals surface area contributed by atoms with Gasteiger partial charge in [-0.15, -0.1) is 5.10 Å². The van der Waals surface area contributed by atoms with Crippen molar-refractivity contribution >= 4 is 46.6 Å². The summed E-state index contributed by atoms with van der Waals surface area (Å²) in [6, 6.07) is 19.0. The van der Waals surface area contributed by atoms with E-state index < -0.39 is 12.1 Å². The van der Waals surface area contributed by atoms with Gasteiger partial charge in [-0.2, -0.15) is 4.98 Å². The fraction of sp³-hybridized carbons (Fsp3) is 0.120. The largest absolute Gasteiger partial charge is 0.480 e. The van der Waals surface area contributed by atoms with E-state index in [2.05, 4.69) is 15.4 Å². The van der Waals surface area contributed by atoms with Crippen LogP contribution in [0.1, 0.15) is 28.8 Å². The molecule has 5 nitrogen and oxygen atoms in total. The lowest BCUT2D eigenvalue weighted by atomic mass is 9.84. The Morgan fingerprint density at radius 1 is 1.03 bits per heavy atom. The molecule has 0 fully saturated rings. The number of thioether (sulfide) groups is 1. The summed E-state index contributed by atoms with van der Waals surface area (Å²) in [6.07, 6.45) is 1.31. The predicted molar refractivity (Wildman–Crippen MR) is 133 cm³/mol. The Hall–Kier alpha value is -3.00. The molecule has 2 aliphatic heterocycles. The summed E-state index contributed by atoms with van der Waals surface area (Å²) >= 11 is 14.4. The number of halogens is 3. The average Bonchev–Trinajstić information content (AvgIpc) is 3.26. The van der Waals surface area contributed by atoms with Gasteiger partial charge in [0, 0.05) is 32.3 Å². The third-order valence-electron chi connectivity index (χ3n) is 5.98. The third kappa shape index (κ3) is 3.38. The van der Waals surface area contributed by atoms with E-state index in [9.17, 15) is 0 Å². The molecule has 0 bridgehead atoms. The average molecular weight is 511 g/mol. The number of hydrogen-bond donors (Lipinski definition) is 1. The standard InChI is InChI=1S/C25H17Cl2FN4OS/c1-34-25-30-24-29-21-16-12-13(26)10-11-19(16)33-23(14-6-2-4-8-17(14)27)20(21)22(32(24)31-25)15-7-3-5-9-18(15)28/h2-12,22-23H,1H3,(H,29,30,31)/t22-,23+/m1/s1. The van der Waals surface area contributed by atoms with E-state index in [0.717, 1.165) is 22.4 Å². The van der Waals surface area contributed by atoms with E-state index in [1.54, 1.807) is 22.9 Å². The molecule has 1 N–H and O–H groups in total. The summed E-state index contributed by atoms with van der Waals surface area (Å²) < 4.78 is 23.5. The highest BCUT2D eigenvalue weighted by molar-refractivity contribution is 7.98. The Morgan fingerprint density at radius 3 is 2.56 bits per heavy atom. The molecule has 0 radical (unpaired) electrons. The van der Waals surface area contributed by atoms with Gasteiger partial charge < -0.3 is 10.1 Å². The van der Waals surface area contributed by atoms with Gasteiger partial charge in [-0.05, 0) is 36.6 Å². The number of nitrogens with zero attached hydrogens (tertiary/aromatic N) is 3. The molecular formula is C25H17Cl2FN4OS. The number of aromatic nitrogens is 3. The van der Waals surface area contributed by atoms with Crippen LogP contribution in [0.3, 0.4) is 0 Å². The zero-order valence-corrected chi connectivity index (χ0v) is 20.1. The van der Waals surface area contributed by atoms with Crippen molar-refractivity contribution in [3.8, 4) is 5.75 Å². The second-order valence-corrected chi connectivity index (χ2v) is 9.52. The first-order valence-electron chi connectivity index (χ1n) is 10.5. The fourth-order valence-electron chi connectivity index (χ4n) is 4.51. The first kappa shape index (κ1) is 21.5. The lowest BCUT2D eigenvalue weighted by molar-refractivity contribution is 0.222. The van der Waals surface area contributed by atoms with Crippen molar-refractivity contribution in [1.29, 1.82) is 0 Å². The lowest BCUT2D eigenvalue weighted by Gasteiger charge is -2.39. The first-order chi connectivity index (χ1) is 16.5. The summed E-state index contributed by atoms with van der Waals surface area (Å²) in [7, 11) is 0. The molecule has 3 heterocycles. The monoisotopic (exact) mass is 510 g/mol. The predicted octanol–water partition coefficient (Wildman–Crippen LogP) is 7.01. The summed E-state index contributed by atoms with van der Waals surface area (Å²) in [5, 5.41) is 9.79. The van der Waals surface area contributed by atoms with Crippen molar-refractivity contribution in [2.24, 2.45) is 0 Å². The van der Waals surface area contributed by atoms with Gasteiger partial charge in [0.15, 0.2) is 6.10 Å². The third-order valence-corrected chi connectivity index (χ3v) is 7.10. The maximum absolute atomic E-state index is 15.3. The van der Waals surface area contributed by atoms with Gasteiger partial charge in [0.05, 0.1) is 5.70 Å². The number of anilines is 1. The van der Waals surface area contributed by atoms with Gasteiger partial charge in [-0.25, -0.2) is 9.07 Å². The van der Waals surface area contributed by atoms with E-state index in [0.29, 0.717) is 32.5 Å². The minimum absolute atomic E-state index is 0.344. The molecule has 0 saturated carbocycles. The Morgan fingerprint density at radius 2 is 1.79 bits per heavy atom. The zero-order valence-electron chi connectivity index (χ0n) is 17.8. The van der Waals surface area contributed by atoms with E-state index in [1.165, 1.54) is 17.8 Å². The van der Waals surface area contributed by atoms with E-state index >= 15 is 4.39 Å². The summed E-state index contributed by atoms with van der Waals surface area (Å²) in [6.45, 7) is 0. The lowest BCUT2D eigenvalue weighted by Crippen LogP contribution is -2.33. The topological polar surface area (TPSA) is 52.0 Å². The van der Waals surface area contributed by atoms with Crippen LogP contribution in [-0.2, 0) is 0 Å². The minimum Gasteiger partial charge on any atom is -0.480 e. The van der Waals surface area contributed by atoms with Gasteiger partial charge in [0.2, 0.25) is 11.1 Å². The van der Waals surface area contributed by atoms with Crippen LogP contribution in [0.25, 0.3) is 5.70 Å². The molecule has 34 heavy (non-hydrogen) atoms. The highest BCUT2D eigenvalue weighted by Crippen LogP contribution is 2.52. The SMILES string of the molecule is CSc1nc2n(n1)[C@H](c1ccccc1F)C1=C(N2)c2cc(Cl)ccc2O[C@H]1c1ccccc1Cl. The molecular weight excluding hydrogens is 494 g/mol. The number of benzene rings is 3. The zero-order chi connectivity index (χ0) is 23.4. The van der Waals surface area contributed by atoms with Crippen LogP contribution in [-0.4, -0.2) is 21.0 Å². The molecule has 0 spiro atoms.